The monoisotopic (exact) mass is 283 g/mol. The average Bonchev–Trinajstić information content (AvgIpc) is 3.09. The Morgan fingerprint density at radius 1 is 1.32 bits per heavy atom. The van der Waals surface area contributed by atoms with Gasteiger partial charge in [0.2, 0.25) is 0 Å². The van der Waals surface area contributed by atoms with Crippen molar-refractivity contribution in [2.45, 2.75) is 23.3 Å². The molecule has 1 aromatic carbocycles. The van der Waals surface area contributed by atoms with E-state index in [1.807, 2.05) is 0 Å². The summed E-state index contributed by atoms with van der Waals surface area (Å²) in [5.74, 6) is -1.65. The van der Waals surface area contributed by atoms with Crippen LogP contribution in [0.25, 0.3) is 0 Å². The highest BCUT2D eigenvalue weighted by Gasteiger charge is 2.51. The summed E-state index contributed by atoms with van der Waals surface area (Å²) >= 11 is 0. The van der Waals surface area contributed by atoms with Gasteiger partial charge in [-0.25, -0.2) is 13.2 Å². The van der Waals surface area contributed by atoms with Crippen molar-refractivity contribution in [1.82, 2.24) is 5.32 Å². The maximum Gasteiger partial charge on any atom is 0.329 e. The molecular weight excluding hydrogens is 270 g/mol. The number of carboxylic acids is 1. The fourth-order valence-electron chi connectivity index (χ4n) is 1.67. The van der Waals surface area contributed by atoms with E-state index >= 15 is 0 Å². The Bertz CT molecular complexity index is 646. The largest absolute Gasteiger partial charge is 0.480 e. The van der Waals surface area contributed by atoms with Gasteiger partial charge in [-0.05, 0) is 31.0 Å². The highest BCUT2D eigenvalue weighted by Crippen LogP contribution is 2.35. The summed E-state index contributed by atoms with van der Waals surface area (Å²) in [5.41, 5.74) is -1.05. The van der Waals surface area contributed by atoms with Crippen molar-refractivity contribution < 1.29 is 23.1 Å². The van der Waals surface area contributed by atoms with Gasteiger partial charge in [0.05, 0.1) is 4.90 Å². The molecule has 6 nitrogen and oxygen atoms in total. The van der Waals surface area contributed by atoms with Crippen molar-refractivity contribution in [1.29, 1.82) is 0 Å². The maximum atomic E-state index is 11.9. The number of rotatable bonds is 4. The highest BCUT2D eigenvalue weighted by atomic mass is 32.2. The Balaban J connectivity index is 2.23. The minimum absolute atomic E-state index is 0.0281. The smallest absolute Gasteiger partial charge is 0.329 e. The van der Waals surface area contributed by atoms with Crippen molar-refractivity contribution in [3.8, 4) is 0 Å². The van der Waals surface area contributed by atoms with Crippen molar-refractivity contribution in [2.75, 3.05) is 6.26 Å². The summed E-state index contributed by atoms with van der Waals surface area (Å²) in [4.78, 5) is 22.9. The molecule has 19 heavy (non-hydrogen) atoms. The second-order valence-corrected chi connectivity index (χ2v) is 6.66. The summed E-state index contributed by atoms with van der Waals surface area (Å²) in [7, 11) is -3.40. The van der Waals surface area contributed by atoms with Gasteiger partial charge < -0.3 is 10.4 Å². The first-order valence-electron chi connectivity index (χ1n) is 5.61. The second kappa shape index (κ2) is 4.34. The van der Waals surface area contributed by atoms with E-state index in [2.05, 4.69) is 5.32 Å². The van der Waals surface area contributed by atoms with Crippen molar-refractivity contribution in [3.63, 3.8) is 0 Å². The SMILES string of the molecule is CS(=O)(=O)c1cccc(C(=O)NC2(C(=O)O)CC2)c1. The normalized spacial score (nSPS) is 16.7. The molecule has 2 rings (SSSR count). The summed E-state index contributed by atoms with van der Waals surface area (Å²) in [6, 6.07) is 5.52. The molecule has 0 bridgehead atoms. The number of hydrogen-bond acceptors (Lipinski definition) is 4. The predicted octanol–water partition coefficient (Wildman–Crippen LogP) is 0.437. The second-order valence-electron chi connectivity index (χ2n) is 4.64. The zero-order chi connectivity index (χ0) is 14.3. The first-order chi connectivity index (χ1) is 8.74. The van der Waals surface area contributed by atoms with Gasteiger partial charge in [0.1, 0.15) is 5.54 Å². The van der Waals surface area contributed by atoms with Crippen LogP contribution in [-0.4, -0.2) is 37.2 Å². The molecule has 0 radical (unpaired) electrons. The number of nitrogens with one attached hydrogen (secondary N) is 1. The zero-order valence-electron chi connectivity index (χ0n) is 10.2. The Morgan fingerprint density at radius 3 is 2.42 bits per heavy atom. The van der Waals surface area contributed by atoms with E-state index in [4.69, 9.17) is 5.11 Å². The molecule has 1 saturated carbocycles. The molecule has 102 valence electrons. The Hall–Kier alpha value is -1.89. The number of carboxylic acid groups (broad SMARTS) is 1. The van der Waals surface area contributed by atoms with Crippen LogP contribution in [0.4, 0.5) is 0 Å². The number of amides is 1. The molecule has 1 aliphatic carbocycles. The maximum absolute atomic E-state index is 11.9. The van der Waals surface area contributed by atoms with Crippen LogP contribution in [0.5, 0.6) is 0 Å². The topological polar surface area (TPSA) is 101 Å². The number of hydrogen-bond donors (Lipinski definition) is 2. The van der Waals surface area contributed by atoms with E-state index in [0.29, 0.717) is 12.8 Å². The molecule has 0 heterocycles. The van der Waals surface area contributed by atoms with Crippen LogP contribution in [0, 0.1) is 0 Å². The lowest BCUT2D eigenvalue weighted by Crippen LogP contribution is -2.43. The quantitative estimate of drug-likeness (QED) is 0.835. The molecule has 1 aliphatic rings. The van der Waals surface area contributed by atoms with E-state index < -0.39 is 27.3 Å². The van der Waals surface area contributed by atoms with Gasteiger partial charge >= 0.3 is 5.97 Å². The van der Waals surface area contributed by atoms with Crippen LogP contribution in [0.1, 0.15) is 23.2 Å². The van der Waals surface area contributed by atoms with Crippen LogP contribution in [0.2, 0.25) is 0 Å². The zero-order valence-corrected chi connectivity index (χ0v) is 11.0. The molecule has 0 spiro atoms. The minimum Gasteiger partial charge on any atom is -0.480 e. The average molecular weight is 283 g/mol. The molecule has 0 aliphatic heterocycles. The van der Waals surface area contributed by atoms with Crippen LogP contribution in [0.3, 0.4) is 0 Å². The lowest BCUT2D eigenvalue weighted by molar-refractivity contribution is -0.140. The fraction of sp³-hybridized carbons (Fsp3) is 0.333. The summed E-state index contributed by atoms with van der Waals surface area (Å²) < 4.78 is 22.8. The third kappa shape index (κ3) is 2.76. The summed E-state index contributed by atoms with van der Waals surface area (Å²) in [6.07, 6.45) is 1.82. The third-order valence-corrected chi connectivity index (χ3v) is 4.15. The van der Waals surface area contributed by atoms with Gasteiger partial charge in [-0.15, -0.1) is 0 Å². The van der Waals surface area contributed by atoms with Crippen LogP contribution in [-0.2, 0) is 14.6 Å². The third-order valence-electron chi connectivity index (χ3n) is 3.04. The lowest BCUT2D eigenvalue weighted by atomic mass is 10.2. The van der Waals surface area contributed by atoms with Crippen molar-refractivity contribution in [2.24, 2.45) is 0 Å². The number of carbonyl (C=O) groups excluding carboxylic acids is 1. The van der Waals surface area contributed by atoms with E-state index in [1.165, 1.54) is 24.3 Å². The van der Waals surface area contributed by atoms with E-state index in [1.54, 1.807) is 0 Å². The summed E-state index contributed by atoms with van der Waals surface area (Å²) in [5, 5.41) is 11.4. The van der Waals surface area contributed by atoms with Gasteiger partial charge in [0.25, 0.3) is 5.91 Å². The summed E-state index contributed by atoms with van der Waals surface area (Å²) in [6.45, 7) is 0. The number of benzene rings is 1. The minimum atomic E-state index is -3.40. The van der Waals surface area contributed by atoms with Crippen molar-refractivity contribution in [3.05, 3.63) is 29.8 Å². The molecule has 1 aromatic rings. The number of sulfone groups is 1. The standard InChI is InChI=1S/C12H13NO5S/c1-19(17,18)9-4-2-3-8(7-9)10(14)13-12(5-6-12)11(15)16/h2-4,7H,5-6H2,1H3,(H,13,14)(H,15,16). The van der Waals surface area contributed by atoms with E-state index in [9.17, 15) is 18.0 Å². The van der Waals surface area contributed by atoms with Gasteiger partial charge in [-0.3, -0.25) is 4.79 Å². The molecule has 0 atom stereocenters. The van der Waals surface area contributed by atoms with Crippen LogP contribution < -0.4 is 5.32 Å². The predicted molar refractivity (Wildman–Crippen MR) is 66.6 cm³/mol. The van der Waals surface area contributed by atoms with Gasteiger partial charge in [0.15, 0.2) is 9.84 Å². The first-order valence-corrected chi connectivity index (χ1v) is 7.50. The molecule has 2 N–H and O–H groups in total. The van der Waals surface area contributed by atoms with Gasteiger partial charge in [0, 0.05) is 11.8 Å². The molecule has 0 aromatic heterocycles. The van der Waals surface area contributed by atoms with E-state index in [0.717, 1.165) is 6.26 Å². The highest BCUT2D eigenvalue weighted by molar-refractivity contribution is 7.90. The van der Waals surface area contributed by atoms with Gasteiger partial charge in [-0.2, -0.15) is 0 Å². The molecule has 0 unspecified atom stereocenters. The lowest BCUT2D eigenvalue weighted by Gasteiger charge is -2.12. The molecular formula is C12H13NO5S. The Morgan fingerprint density at radius 2 is 1.95 bits per heavy atom. The molecule has 0 saturated heterocycles. The number of aliphatic carboxylic acids is 1. The van der Waals surface area contributed by atoms with Gasteiger partial charge in [-0.1, -0.05) is 6.07 Å². The Labute approximate surface area is 110 Å². The van der Waals surface area contributed by atoms with Crippen LogP contribution >= 0.6 is 0 Å². The Kier molecular flexibility index (Phi) is 3.09. The van der Waals surface area contributed by atoms with Crippen molar-refractivity contribution >= 4 is 21.7 Å². The number of carbonyl (C=O) groups is 2. The molecule has 7 heteroatoms. The molecule has 1 amide bonds. The fourth-order valence-corrected chi connectivity index (χ4v) is 2.34. The van der Waals surface area contributed by atoms with Crippen LogP contribution in [0.15, 0.2) is 29.2 Å². The first kappa shape index (κ1) is 13.5. The van der Waals surface area contributed by atoms with E-state index in [-0.39, 0.29) is 10.5 Å². The molecule has 1 fully saturated rings.